The van der Waals surface area contributed by atoms with Gasteiger partial charge in [0.1, 0.15) is 5.82 Å². The molecule has 0 saturated carbocycles. The van der Waals surface area contributed by atoms with Crippen molar-refractivity contribution in [1.29, 1.82) is 0 Å². The zero-order chi connectivity index (χ0) is 15.6. The zero-order valence-electron chi connectivity index (χ0n) is 11.7. The van der Waals surface area contributed by atoms with Crippen LogP contribution in [-0.4, -0.2) is 43.3 Å². The summed E-state index contributed by atoms with van der Waals surface area (Å²) in [7, 11) is -3.05. The van der Waals surface area contributed by atoms with Gasteiger partial charge in [-0.3, -0.25) is 4.79 Å². The normalized spacial score (nSPS) is 20.4. The van der Waals surface area contributed by atoms with Crippen LogP contribution in [0.1, 0.15) is 30.1 Å². The highest BCUT2D eigenvalue weighted by Crippen LogP contribution is 2.22. The maximum absolute atomic E-state index is 13.2. The average molecular weight is 425 g/mol. The highest BCUT2D eigenvalue weighted by atomic mass is 127. The molecular weight excluding hydrogens is 408 g/mol. The number of carbonyl (C=O) groups excluding carboxylic acids is 1. The van der Waals surface area contributed by atoms with Gasteiger partial charge in [0.05, 0.1) is 17.1 Å². The number of rotatable bonds is 4. The summed E-state index contributed by atoms with van der Waals surface area (Å²) < 4.78 is 37.0. The van der Waals surface area contributed by atoms with E-state index >= 15 is 0 Å². The van der Waals surface area contributed by atoms with E-state index in [4.69, 9.17) is 0 Å². The van der Waals surface area contributed by atoms with Crippen LogP contribution in [0, 0.1) is 9.39 Å². The van der Waals surface area contributed by atoms with E-state index in [-0.39, 0.29) is 29.3 Å². The van der Waals surface area contributed by atoms with E-state index in [1.54, 1.807) is 4.90 Å². The summed E-state index contributed by atoms with van der Waals surface area (Å²) >= 11 is 1.93. The highest BCUT2D eigenvalue weighted by molar-refractivity contribution is 14.1. The number of nitrogens with zero attached hydrogens (tertiary/aromatic N) is 1. The molecule has 4 nitrogen and oxygen atoms in total. The van der Waals surface area contributed by atoms with Gasteiger partial charge in [-0.15, -0.1) is 0 Å². The van der Waals surface area contributed by atoms with E-state index in [9.17, 15) is 17.6 Å². The van der Waals surface area contributed by atoms with Gasteiger partial charge in [-0.25, -0.2) is 12.8 Å². The summed E-state index contributed by atoms with van der Waals surface area (Å²) in [6.45, 7) is 2.45. The summed E-state index contributed by atoms with van der Waals surface area (Å²) in [6, 6.07) is 3.75. The minimum absolute atomic E-state index is 0.0243. The SMILES string of the molecule is CCCN(C(=O)c1ccc(F)cc1I)C1CCS(=O)(=O)C1. The lowest BCUT2D eigenvalue weighted by molar-refractivity contribution is 0.0696. The van der Waals surface area contributed by atoms with Crippen LogP contribution in [-0.2, 0) is 9.84 Å². The van der Waals surface area contributed by atoms with E-state index in [1.807, 2.05) is 29.5 Å². The Kier molecular flexibility index (Phi) is 5.24. The molecule has 1 amide bonds. The van der Waals surface area contributed by atoms with Gasteiger partial charge in [-0.05, 0) is 53.6 Å². The minimum atomic E-state index is -3.05. The van der Waals surface area contributed by atoms with Gasteiger partial charge in [-0.2, -0.15) is 0 Å². The van der Waals surface area contributed by atoms with E-state index in [2.05, 4.69) is 0 Å². The van der Waals surface area contributed by atoms with E-state index in [0.29, 0.717) is 22.1 Å². The summed E-state index contributed by atoms with van der Waals surface area (Å²) in [5.74, 6) is -0.452. The molecule has 1 aromatic rings. The second-order valence-corrected chi connectivity index (χ2v) is 8.57. The molecule has 0 radical (unpaired) electrons. The van der Waals surface area contributed by atoms with E-state index in [1.165, 1.54) is 18.2 Å². The van der Waals surface area contributed by atoms with Crippen molar-refractivity contribution in [2.75, 3.05) is 18.1 Å². The van der Waals surface area contributed by atoms with Crippen LogP contribution in [0.5, 0.6) is 0 Å². The minimum Gasteiger partial charge on any atom is -0.335 e. The first-order valence-corrected chi connectivity index (χ1v) is 9.70. The predicted octanol–water partition coefficient (Wildman–Crippen LogP) is 2.47. The number of carbonyl (C=O) groups is 1. The molecular formula is C14H17FINO3S. The van der Waals surface area contributed by atoms with Crippen molar-refractivity contribution < 1.29 is 17.6 Å². The molecule has 2 rings (SSSR count). The van der Waals surface area contributed by atoms with Gasteiger partial charge < -0.3 is 4.90 Å². The molecule has 0 spiro atoms. The molecule has 116 valence electrons. The predicted molar refractivity (Wildman–Crippen MR) is 87.5 cm³/mol. The Hall–Kier alpha value is -0.700. The van der Waals surface area contributed by atoms with Crippen molar-refractivity contribution in [3.63, 3.8) is 0 Å². The van der Waals surface area contributed by atoms with Crippen molar-refractivity contribution in [2.45, 2.75) is 25.8 Å². The van der Waals surface area contributed by atoms with Gasteiger partial charge in [0.2, 0.25) is 0 Å². The lowest BCUT2D eigenvalue weighted by Crippen LogP contribution is -2.42. The van der Waals surface area contributed by atoms with Gasteiger partial charge >= 0.3 is 0 Å². The molecule has 21 heavy (non-hydrogen) atoms. The van der Waals surface area contributed by atoms with Gasteiger partial charge in [0.15, 0.2) is 9.84 Å². The van der Waals surface area contributed by atoms with E-state index in [0.717, 1.165) is 6.42 Å². The Bertz CT molecular complexity index is 648. The number of hydrogen-bond donors (Lipinski definition) is 0. The van der Waals surface area contributed by atoms with Crippen molar-refractivity contribution in [2.24, 2.45) is 0 Å². The zero-order valence-corrected chi connectivity index (χ0v) is 14.7. The maximum atomic E-state index is 13.2. The molecule has 1 fully saturated rings. The summed E-state index contributed by atoms with van der Waals surface area (Å²) in [5, 5.41) is 0. The molecule has 1 aliphatic rings. The quantitative estimate of drug-likeness (QED) is 0.697. The molecule has 1 aromatic carbocycles. The largest absolute Gasteiger partial charge is 0.335 e. The van der Waals surface area contributed by atoms with Crippen LogP contribution >= 0.6 is 22.6 Å². The fourth-order valence-electron chi connectivity index (χ4n) is 2.53. The lowest BCUT2D eigenvalue weighted by Gasteiger charge is -2.28. The summed E-state index contributed by atoms with van der Waals surface area (Å²) in [4.78, 5) is 14.3. The van der Waals surface area contributed by atoms with Crippen LogP contribution < -0.4 is 0 Å². The van der Waals surface area contributed by atoms with Crippen molar-refractivity contribution in [1.82, 2.24) is 4.90 Å². The van der Waals surface area contributed by atoms with Crippen molar-refractivity contribution >= 4 is 38.3 Å². The molecule has 7 heteroatoms. The highest BCUT2D eigenvalue weighted by Gasteiger charge is 2.35. The number of benzene rings is 1. The smallest absolute Gasteiger partial charge is 0.255 e. The Morgan fingerprint density at radius 2 is 2.19 bits per heavy atom. The number of halogens is 2. The summed E-state index contributed by atoms with van der Waals surface area (Å²) in [5.41, 5.74) is 0.426. The molecule has 1 aliphatic heterocycles. The molecule has 1 atom stereocenters. The second kappa shape index (κ2) is 6.60. The summed E-state index contributed by atoms with van der Waals surface area (Å²) in [6.07, 6.45) is 1.23. The maximum Gasteiger partial charge on any atom is 0.255 e. The van der Waals surface area contributed by atoms with Crippen LogP contribution in [0.4, 0.5) is 4.39 Å². The number of amides is 1. The fraction of sp³-hybridized carbons (Fsp3) is 0.500. The topological polar surface area (TPSA) is 54.5 Å². The third kappa shape index (κ3) is 3.94. The molecule has 0 bridgehead atoms. The Labute approximate surface area is 137 Å². The first-order chi connectivity index (χ1) is 9.84. The van der Waals surface area contributed by atoms with Crippen molar-refractivity contribution in [3.05, 3.63) is 33.1 Å². The van der Waals surface area contributed by atoms with Crippen LogP contribution in [0.2, 0.25) is 0 Å². The van der Waals surface area contributed by atoms with Crippen LogP contribution in [0.25, 0.3) is 0 Å². The Morgan fingerprint density at radius 1 is 1.48 bits per heavy atom. The standard InChI is InChI=1S/C14H17FINO3S/c1-2-6-17(11-5-7-21(19,20)9-11)14(18)12-4-3-10(15)8-13(12)16/h3-4,8,11H,2,5-7,9H2,1H3. The van der Waals surface area contributed by atoms with Crippen LogP contribution in [0.3, 0.4) is 0 Å². The van der Waals surface area contributed by atoms with Crippen LogP contribution in [0.15, 0.2) is 18.2 Å². The lowest BCUT2D eigenvalue weighted by atomic mass is 10.1. The first-order valence-electron chi connectivity index (χ1n) is 6.80. The van der Waals surface area contributed by atoms with Gasteiger partial charge in [0.25, 0.3) is 5.91 Å². The van der Waals surface area contributed by atoms with Gasteiger partial charge in [0, 0.05) is 16.2 Å². The Morgan fingerprint density at radius 3 is 2.71 bits per heavy atom. The third-order valence-corrected chi connectivity index (χ3v) is 6.18. The second-order valence-electron chi connectivity index (χ2n) is 5.18. The molecule has 1 heterocycles. The van der Waals surface area contributed by atoms with Crippen molar-refractivity contribution in [3.8, 4) is 0 Å². The number of hydrogen-bond acceptors (Lipinski definition) is 3. The first kappa shape index (κ1) is 16.7. The molecule has 1 saturated heterocycles. The molecule has 0 aromatic heterocycles. The molecule has 0 N–H and O–H groups in total. The third-order valence-electron chi connectivity index (χ3n) is 3.54. The van der Waals surface area contributed by atoms with Gasteiger partial charge in [-0.1, -0.05) is 6.92 Å². The van der Waals surface area contributed by atoms with E-state index < -0.39 is 9.84 Å². The Balaban J connectivity index is 2.27. The fourth-order valence-corrected chi connectivity index (χ4v) is 4.97. The molecule has 0 aliphatic carbocycles. The number of sulfone groups is 1. The molecule has 1 unspecified atom stereocenters. The monoisotopic (exact) mass is 425 g/mol. The average Bonchev–Trinajstić information content (AvgIpc) is 2.75.